The number of carboxylic acids is 1. The maximum atomic E-state index is 10.4. The molecule has 58 valence electrons. The van der Waals surface area contributed by atoms with E-state index in [9.17, 15) is 4.79 Å². The van der Waals surface area contributed by atoms with Crippen molar-refractivity contribution in [2.75, 3.05) is 0 Å². The lowest BCUT2D eigenvalue weighted by Crippen LogP contribution is -2.31. The van der Waals surface area contributed by atoms with Crippen LogP contribution in [0.15, 0.2) is 0 Å². The first-order chi connectivity index (χ1) is 4.70. The summed E-state index contributed by atoms with van der Waals surface area (Å²) in [5.41, 5.74) is 5.60. The highest BCUT2D eigenvalue weighted by atomic mass is 16.4. The molecule has 3 heteroatoms. The van der Waals surface area contributed by atoms with Crippen LogP contribution in [-0.2, 0) is 4.79 Å². The molecule has 0 amide bonds. The first-order valence-electron chi connectivity index (χ1n) is 3.68. The lowest BCUT2D eigenvalue weighted by Gasteiger charge is -2.22. The van der Waals surface area contributed by atoms with Gasteiger partial charge in [0.1, 0.15) is 0 Å². The first kappa shape index (κ1) is 7.54. The second-order valence-electron chi connectivity index (χ2n) is 2.96. The monoisotopic (exact) mass is 143 g/mol. The summed E-state index contributed by atoms with van der Waals surface area (Å²) >= 11 is 0. The van der Waals surface area contributed by atoms with E-state index >= 15 is 0 Å². The summed E-state index contributed by atoms with van der Waals surface area (Å²) in [6, 6.07) is 0.120. The third-order valence-electron chi connectivity index (χ3n) is 2.06. The molecule has 0 saturated heterocycles. The quantitative estimate of drug-likeness (QED) is 0.564. The minimum atomic E-state index is -0.685. The van der Waals surface area contributed by atoms with Crippen molar-refractivity contribution in [2.24, 2.45) is 11.7 Å². The van der Waals surface area contributed by atoms with Crippen molar-refractivity contribution in [3.8, 4) is 0 Å². The van der Waals surface area contributed by atoms with Crippen LogP contribution in [0.25, 0.3) is 0 Å². The number of carbonyl (C=O) groups is 1. The highest BCUT2D eigenvalue weighted by molar-refractivity contribution is 5.70. The zero-order valence-corrected chi connectivity index (χ0v) is 5.92. The van der Waals surface area contributed by atoms with E-state index in [4.69, 9.17) is 10.8 Å². The smallest absolute Gasteiger partial charge is 0.306 e. The van der Waals surface area contributed by atoms with Crippen LogP contribution in [0.2, 0.25) is 0 Å². The molecule has 1 saturated carbocycles. The van der Waals surface area contributed by atoms with Gasteiger partial charge in [0.05, 0.1) is 5.92 Å². The molecule has 1 fully saturated rings. The van der Waals surface area contributed by atoms with Crippen LogP contribution in [0.3, 0.4) is 0 Å². The summed E-state index contributed by atoms with van der Waals surface area (Å²) in [5.74, 6) is -0.862. The van der Waals surface area contributed by atoms with E-state index in [1.165, 1.54) is 0 Å². The second-order valence-corrected chi connectivity index (χ2v) is 2.96. The van der Waals surface area contributed by atoms with Crippen molar-refractivity contribution in [3.05, 3.63) is 0 Å². The normalized spacial score (nSPS) is 33.7. The maximum Gasteiger partial charge on any atom is 0.306 e. The standard InChI is InChI=1S/C7H13NO2/c8-6-3-1-2-5(4-6)7(9)10/h5-6H,1-4,8H2,(H,9,10)/t5?,6-/m1/s1. The molecule has 2 atom stereocenters. The predicted molar refractivity (Wildman–Crippen MR) is 37.6 cm³/mol. The summed E-state index contributed by atoms with van der Waals surface area (Å²) in [7, 11) is 0. The van der Waals surface area contributed by atoms with Crippen LogP contribution in [0.4, 0.5) is 0 Å². The van der Waals surface area contributed by atoms with Crippen molar-refractivity contribution >= 4 is 5.97 Å². The first-order valence-corrected chi connectivity index (χ1v) is 3.68. The molecule has 0 aromatic heterocycles. The Balaban J connectivity index is 2.39. The van der Waals surface area contributed by atoms with Crippen molar-refractivity contribution in [2.45, 2.75) is 31.7 Å². The van der Waals surface area contributed by atoms with Crippen molar-refractivity contribution in [1.29, 1.82) is 0 Å². The molecule has 1 aliphatic rings. The molecule has 3 N–H and O–H groups in total. The summed E-state index contributed by atoms with van der Waals surface area (Å²) in [6.07, 6.45) is 3.43. The molecule has 0 heterocycles. The Labute approximate surface area is 60.2 Å². The van der Waals surface area contributed by atoms with Gasteiger partial charge in [-0.15, -0.1) is 0 Å². The highest BCUT2D eigenvalue weighted by Crippen LogP contribution is 2.22. The van der Waals surface area contributed by atoms with E-state index in [0.29, 0.717) is 6.42 Å². The van der Waals surface area contributed by atoms with E-state index < -0.39 is 5.97 Å². The van der Waals surface area contributed by atoms with E-state index in [2.05, 4.69) is 0 Å². The number of rotatable bonds is 1. The number of hydrogen-bond acceptors (Lipinski definition) is 2. The molecule has 0 radical (unpaired) electrons. The number of carboxylic acid groups (broad SMARTS) is 1. The second kappa shape index (κ2) is 3.01. The molecular weight excluding hydrogens is 130 g/mol. The molecule has 3 nitrogen and oxygen atoms in total. The predicted octanol–water partition coefficient (Wildman–Crippen LogP) is 0.588. The van der Waals surface area contributed by atoms with Crippen LogP contribution in [0, 0.1) is 5.92 Å². The summed E-state index contributed by atoms with van der Waals surface area (Å²) < 4.78 is 0. The zero-order valence-electron chi connectivity index (χ0n) is 5.92. The fraction of sp³-hybridized carbons (Fsp3) is 0.857. The molecule has 1 rings (SSSR count). The van der Waals surface area contributed by atoms with E-state index in [1.54, 1.807) is 0 Å². The average Bonchev–Trinajstić information content (AvgIpc) is 1.88. The Bertz CT molecular complexity index is 136. The number of nitrogens with two attached hydrogens (primary N) is 1. The lowest BCUT2D eigenvalue weighted by atomic mass is 9.86. The Morgan fingerprint density at radius 3 is 2.60 bits per heavy atom. The van der Waals surface area contributed by atoms with E-state index in [1.807, 2.05) is 0 Å². The van der Waals surface area contributed by atoms with Crippen molar-refractivity contribution in [1.82, 2.24) is 0 Å². The van der Waals surface area contributed by atoms with Gasteiger partial charge in [-0.25, -0.2) is 0 Å². The zero-order chi connectivity index (χ0) is 7.56. The molecule has 1 aliphatic carbocycles. The van der Waals surface area contributed by atoms with Gasteiger partial charge in [0.15, 0.2) is 0 Å². The largest absolute Gasteiger partial charge is 0.481 e. The molecule has 1 unspecified atom stereocenters. The van der Waals surface area contributed by atoms with Gasteiger partial charge in [-0.3, -0.25) is 4.79 Å². The Kier molecular flexibility index (Phi) is 2.27. The van der Waals surface area contributed by atoms with Gasteiger partial charge < -0.3 is 10.8 Å². The molecule has 0 spiro atoms. The minimum absolute atomic E-state index is 0.120. The average molecular weight is 143 g/mol. The van der Waals surface area contributed by atoms with Crippen LogP contribution in [0.5, 0.6) is 0 Å². The Morgan fingerprint density at radius 2 is 2.20 bits per heavy atom. The number of hydrogen-bond donors (Lipinski definition) is 2. The van der Waals surface area contributed by atoms with Crippen LogP contribution < -0.4 is 5.73 Å². The lowest BCUT2D eigenvalue weighted by molar-refractivity contribution is -0.142. The molecule has 0 aromatic carbocycles. The Morgan fingerprint density at radius 1 is 1.50 bits per heavy atom. The van der Waals surface area contributed by atoms with Crippen molar-refractivity contribution in [3.63, 3.8) is 0 Å². The van der Waals surface area contributed by atoms with Crippen LogP contribution >= 0.6 is 0 Å². The van der Waals surface area contributed by atoms with Gasteiger partial charge in [-0.05, 0) is 19.3 Å². The van der Waals surface area contributed by atoms with Gasteiger partial charge in [0.2, 0.25) is 0 Å². The summed E-state index contributed by atoms with van der Waals surface area (Å²) in [4.78, 5) is 10.4. The highest BCUT2D eigenvalue weighted by Gasteiger charge is 2.24. The van der Waals surface area contributed by atoms with Gasteiger partial charge in [-0.2, -0.15) is 0 Å². The molecular formula is C7H13NO2. The third kappa shape index (κ3) is 1.70. The maximum absolute atomic E-state index is 10.4. The van der Waals surface area contributed by atoms with Gasteiger partial charge in [0, 0.05) is 6.04 Å². The van der Waals surface area contributed by atoms with Crippen LogP contribution in [-0.4, -0.2) is 17.1 Å². The number of aliphatic carboxylic acids is 1. The third-order valence-corrected chi connectivity index (χ3v) is 2.06. The summed E-state index contributed by atoms with van der Waals surface area (Å²) in [5, 5.41) is 8.60. The topological polar surface area (TPSA) is 63.3 Å². The van der Waals surface area contributed by atoms with E-state index in [0.717, 1.165) is 19.3 Å². The van der Waals surface area contributed by atoms with E-state index in [-0.39, 0.29) is 12.0 Å². The Hall–Kier alpha value is -0.570. The molecule has 10 heavy (non-hydrogen) atoms. The van der Waals surface area contributed by atoms with Gasteiger partial charge in [0.25, 0.3) is 0 Å². The van der Waals surface area contributed by atoms with Crippen LogP contribution in [0.1, 0.15) is 25.7 Å². The summed E-state index contributed by atoms with van der Waals surface area (Å²) in [6.45, 7) is 0. The molecule has 0 aliphatic heterocycles. The fourth-order valence-corrected chi connectivity index (χ4v) is 1.45. The van der Waals surface area contributed by atoms with Gasteiger partial charge in [-0.1, -0.05) is 6.42 Å². The molecule has 0 aromatic rings. The minimum Gasteiger partial charge on any atom is -0.481 e. The SMILES string of the molecule is N[C@@H]1CCCC(C(=O)O)C1. The fourth-order valence-electron chi connectivity index (χ4n) is 1.45. The van der Waals surface area contributed by atoms with Gasteiger partial charge >= 0.3 is 5.97 Å². The van der Waals surface area contributed by atoms with Crippen molar-refractivity contribution < 1.29 is 9.90 Å². The molecule has 0 bridgehead atoms.